The van der Waals surface area contributed by atoms with Gasteiger partial charge in [0.05, 0.1) is 6.61 Å². The van der Waals surface area contributed by atoms with Crippen molar-refractivity contribution in [3.63, 3.8) is 0 Å². The van der Waals surface area contributed by atoms with Crippen LogP contribution in [0.5, 0.6) is 0 Å². The van der Waals surface area contributed by atoms with Crippen molar-refractivity contribution in [3.8, 4) is 0 Å². The molecule has 0 unspecified atom stereocenters. The van der Waals surface area contributed by atoms with Gasteiger partial charge in [-0.15, -0.1) is 0 Å². The van der Waals surface area contributed by atoms with Gasteiger partial charge < -0.3 is 10.1 Å². The molecule has 0 spiro atoms. The van der Waals surface area contributed by atoms with Gasteiger partial charge in [-0.25, -0.2) is 0 Å². The SMILES string of the molecule is CC(C)N[C@@H]1CCOC[C@@H]1Cc1ccc(Cl)cc1. The zero-order valence-electron chi connectivity index (χ0n) is 11.2. The van der Waals surface area contributed by atoms with Gasteiger partial charge in [0.25, 0.3) is 0 Å². The van der Waals surface area contributed by atoms with Crippen LogP contribution >= 0.6 is 11.6 Å². The molecule has 2 nitrogen and oxygen atoms in total. The number of halogens is 1. The number of nitrogens with one attached hydrogen (secondary N) is 1. The Balaban J connectivity index is 1.98. The lowest BCUT2D eigenvalue weighted by Crippen LogP contribution is -2.46. The minimum Gasteiger partial charge on any atom is -0.381 e. The molecule has 2 atom stereocenters. The van der Waals surface area contributed by atoms with E-state index in [9.17, 15) is 0 Å². The van der Waals surface area contributed by atoms with E-state index < -0.39 is 0 Å². The summed E-state index contributed by atoms with van der Waals surface area (Å²) in [5, 5.41) is 4.46. The third-order valence-corrected chi connectivity index (χ3v) is 3.68. The molecule has 100 valence electrons. The molecule has 0 aliphatic carbocycles. The number of hydrogen-bond acceptors (Lipinski definition) is 2. The van der Waals surface area contributed by atoms with E-state index in [0.717, 1.165) is 31.1 Å². The van der Waals surface area contributed by atoms with Crippen LogP contribution in [0.2, 0.25) is 5.02 Å². The van der Waals surface area contributed by atoms with Crippen LogP contribution in [0.15, 0.2) is 24.3 Å². The van der Waals surface area contributed by atoms with Gasteiger partial charge in [-0.05, 0) is 30.5 Å². The summed E-state index contributed by atoms with van der Waals surface area (Å²) < 4.78 is 5.62. The molecule has 1 aromatic carbocycles. The first-order valence-electron chi connectivity index (χ1n) is 6.73. The Morgan fingerprint density at radius 1 is 1.33 bits per heavy atom. The highest BCUT2D eigenvalue weighted by molar-refractivity contribution is 6.30. The molecule has 1 heterocycles. The molecule has 1 aromatic rings. The number of ether oxygens (including phenoxy) is 1. The molecule has 2 rings (SSSR count). The second-order valence-electron chi connectivity index (χ2n) is 5.38. The first kappa shape index (κ1) is 13.9. The fourth-order valence-corrected chi connectivity index (χ4v) is 2.69. The van der Waals surface area contributed by atoms with Crippen molar-refractivity contribution in [2.45, 2.75) is 38.8 Å². The zero-order valence-corrected chi connectivity index (χ0v) is 11.9. The van der Waals surface area contributed by atoms with Crippen LogP contribution in [0.4, 0.5) is 0 Å². The summed E-state index contributed by atoms with van der Waals surface area (Å²) in [4.78, 5) is 0. The van der Waals surface area contributed by atoms with E-state index in [4.69, 9.17) is 16.3 Å². The average molecular weight is 268 g/mol. The Hall–Kier alpha value is -0.570. The van der Waals surface area contributed by atoms with Crippen LogP contribution in [0.3, 0.4) is 0 Å². The van der Waals surface area contributed by atoms with Crippen LogP contribution in [-0.4, -0.2) is 25.3 Å². The highest BCUT2D eigenvalue weighted by atomic mass is 35.5. The van der Waals surface area contributed by atoms with Crippen LogP contribution < -0.4 is 5.32 Å². The molecule has 0 saturated carbocycles. The average Bonchev–Trinajstić information content (AvgIpc) is 2.34. The summed E-state index contributed by atoms with van der Waals surface area (Å²) >= 11 is 5.91. The Morgan fingerprint density at radius 2 is 2.06 bits per heavy atom. The maximum Gasteiger partial charge on any atom is 0.0512 e. The van der Waals surface area contributed by atoms with E-state index >= 15 is 0 Å². The third-order valence-electron chi connectivity index (χ3n) is 3.43. The highest BCUT2D eigenvalue weighted by Gasteiger charge is 2.26. The molecule has 0 radical (unpaired) electrons. The summed E-state index contributed by atoms with van der Waals surface area (Å²) in [6, 6.07) is 9.25. The Kier molecular flexibility index (Phi) is 5.04. The molecular formula is C15H22ClNO. The van der Waals surface area contributed by atoms with Crippen molar-refractivity contribution < 1.29 is 4.74 Å². The van der Waals surface area contributed by atoms with E-state index in [0.29, 0.717) is 18.0 Å². The van der Waals surface area contributed by atoms with Crippen LogP contribution in [0.25, 0.3) is 0 Å². The largest absolute Gasteiger partial charge is 0.381 e. The van der Waals surface area contributed by atoms with Crippen LogP contribution in [0, 0.1) is 5.92 Å². The molecule has 1 N–H and O–H groups in total. The predicted octanol–water partition coefficient (Wildman–Crippen LogP) is 3.29. The lowest BCUT2D eigenvalue weighted by molar-refractivity contribution is 0.0300. The number of benzene rings is 1. The molecular weight excluding hydrogens is 246 g/mol. The lowest BCUT2D eigenvalue weighted by Gasteiger charge is -2.33. The first-order chi connectivity index (χ1) is 8.65. The zero-order chi connectivity index (χ0) is 13.0. The van der Waals surface area contributed by atoms with Gasteiger partial charge in [0.15, 0.2) is 0 Å². The second-order valence-corrected chi connectivity index (χ2v) is 5.82. The maximum absolute atomic E-state index is 5.91. The van der Waals surface area contributed by atoms with Crippen molar-refractivity contribution in [3.05, 3.63) is 34.9 Å². The molecule has 3 heteroatoms. The van der Waals surface area contributed by atoms with Gasteiger partial charge in [-0.2, -0.15) is 0 Å². The number of rotatable bonds is 4. The normalized spacial score (nSPS) is 24.4. The van der Waals surface area contributed by atoms with E-state index in [-0.39, 0.29) is 0 Å². The maximum atomic E-state index is 5.91. The monoisotopic (exact) mass is 267 g/mol. The van der Waals surface area contributed by atoms with Crippen molar-refractivity contribution in [2.24, 2.45) is 5.92 Å². The van der Waals surface area contributed by atoms with E-state index in [2.05, 4.69) is 31.3 Å². The van der Waals surface area contributed by atoms with Gasteiger partial charge in [-0.3, -0.25) is 0 Å². The Bertz CT molecular complexity index is 363. The van der Waals surface area contributed by atoms with Crippen molar-refractivity contribution in [1.29, 1.82) is 0 Å². The van der Waals surface area contributed by atoms with E-state index in [1.807, 2.05) is 12.1 Å². The molecule has 1 aliphatic heterocycles. The molecule has 1 fully saturated rings. The van der Waals surface area contributed by atoms with Gasteiger partial charge in [0, 0.05) is 29.6 Å². The van der Waals surface area contributed by atoms with E-state index in [1.54, 1.807) is 0 Å². The minimum atomic E-state index is 0.529. The van der Waals surface area contributed by atoms with Gasteiger partial charge >= 0.3 is 0 Å². The van der Waals surface area contributed by atoms with Crippen molar-refractivity contribution in [1.82, 2.24) is 5.32 Å². The van der Waals surface area contributed by atoms with Gasteiger partial charge in [-0.1, -0.05) is 37.6 Å². The molecule has 0 aromatic heterocycles. The highest BCUT2D eigenvalue weighted by Crippen LogP contribution is 2.21. The molecule has 0 bridgehead atoms. The van der Waals surface area contributed by atoms with Crippen molar-refractivity contribution >= 4 is 11.6 Å². The smallest absolute Gasteiger partial charge is 0.0512 e. The quantitative estimate of drug-likeness (QED) is 0.904. The van der Waals surface area contributed by atoms with Crippen LogP contribution in [0.1, 0.15) is 25.8 Å². The molecule has 1 aliphatic rings. The predicted molar refractivity (Wildman–Crippen MR) is 76.1 cm³/mol. The minimum absolute atomic E-state index is 0.529. The standard InChI is InChI=1S/C15H22ClNO/c1-11(2)17-15-7-8-18-10-13(15)9-12-3-5-14(16)6-4-12/h3-6,11,13,15,17H,7-10H2,1-2H3/t13-,15+/m0/s1. The Labute approximate surface area is 115 Å². The molecule has 18 heavy (non-hydrogen) atoms. The summed E-state index contributed by atoms with van der Waals surface area (Å²) in [5.74, 6) is 0.558. The summed E-state index contributed by atoms with van der Waals surface area (Å²) in [7, 11) is 0. The third kappa shape index (κ3) is 3.98. The van der Waals surface area contributed by atoms with Crippen molar-refractivity contribution in [2.75, 3.05) is 13.2 Å². The topological polar surface area (TPSA) is 21.3 Å². The first-order valence-corrected chi connectivity index (χ1v) is 7.11. The fourth-order valence-electron chi connectivity index (χ4n) is 2.57. The molecule has 0 amide bonds. The molecule has 1 saturated heterocycles. The lowest BCUT2D eigenvalue weighted by atomic mass is 9.89. The van der Waals surface area contributed by atoms with Gasteiger partial charge in [0.1, 0.15) is 0 Å². The van der Waals surface area contributed by atoms with E-state index in [1.165, 1.54) is 5.56 Å². The fraction of sp³-hybridized carbons (Fsp3) is 0.600. The summed E-state index contributed by atoms with van der Waals surface area (Å²) in [6.07, 6.45) is 2.16. The number of hydrogen-bond donors (Lipinski definition) is 1. The summed E-state index contributed by atoms with van der Waals surface area (Å²) in [6.45, 7) is 6.14. The van der Waals surface area contributed by atoms with Crippen LogP contribution in [-0.2, 0) is 11.2 Å². The summed E-state index contributed by atoms with van der Waals surface area (Å²) in [5.41, 5.74) is 1.34. The second kappa shape index (κ2) is 6.55. The van der Waals surface area contributed by atoms with Gasteiger partial charge in [0.2, 0.25) is 0 Å². The Morgan fingerprint density at radius 3 is 2.72 bits per heavy atom.